The van der Waals surface area contributed by atoms with E-state index in [2.05, 4.69) is 38.0 Å². The summed E-state index contributed by atoms with van der Waals surface area (Å²) in [7, 11) is 0. The molecular formula is C14H27N3O. The number of guanidine groups is 1. The van der Waals surface area contributed by atoms with Crippen LogP contribution in [0.5, 0.6) is 0 Å². The third-order valence-corrected chi connectivity index (χ3v) is 3.82. The van der Waals surface area contributed by atoms with Crippen LogP contribution in [0.1, 0.15) is 47.0 Å². The van der Waals surface area contributed by atoms with Gasteiger partial charge in [0.15, 0.2) is 5.96 Å². The highest BCUT2D eigenvalue weighted by atomic mass is 16.5. The highest BCUT2D eigenvalue weighted by Gasteiger charge is 2.47. The van der Waals surface area contributed by atoms with Crippen LogP contribution in [0.2, 0.25) is 0 Å². The number of rotatable bonds is 3. The summed E-state index contributed by atoms with van der Waals surface area (Å²) in [5.74, 6) is 1.31. The maximum atomic E-state index is 5.93. The van der Waals surface area contributed by atoms with Crippen LogP contribution in [0.15, 0.2) is 4.99 Å². The van der Waals surface area contributed by atoms with Gasteiger partial charge in [-0.05, 0) is 46.0 Å². The number of ether oxygens (including phenoxy) is 1. The molecule has 2 fully saturated rings. The monoisotopic (exact) mass is 253 g/mol. The highest BCUT2D eigenvalue weighted by Crippen LogP contribution is 2.47. The number of nitrogens with two attached hydrogens (primary N) is 1. The van der Waals surface area contributed by atoms with Crippen molar-refractivity contribution in [1.29, 1.82) is 0 Å². The second-order valence-corrected chi connectivity index (χ2v) is 7.11. The molecule has 2 atom stereocenters. The smallest absolute Gasteiger partial charge is 0.189 e. The van der Waals surface area contributed by atoms with Crippen LogP contribution >= 0.6 is 0 Å². The standard InChI is InChI=1S/C14H27N3O/c1-13(2,3)17-12(15)16-9-14(4)7-8-18-11(14)10-5-6-10/h10-11H,5-9H2,1-4H3,(H3,15,16,17). The summed E-state index contributed by atoms with van der Waals surface area (Å²) in [5, 5.41) is 3.21. The molecule has 4 heteroatoms. The van der Waals surface area contributed by atoms with E-state index in [0.29, 0.717) is 12.1 Å². The fraction of sp³-hybridized carbons (Fsp3) is 0.929. The zero-order valence-corrected chi connectivity index (χ0v) is 12.1. The van der Waals surface area contributed by atoms with Crippen molar-refractivity contribution in [3.05, 3.63) is 0 Å². The second-order valence-electron chi connectivity index (χ2n) is 7.11. The Labute approximate surface area is 110 Å². The Kier molecular flexibility index (Phi) is 3.58. The van der Waals surface area contributed by atoms with Gasteiger partial charge in [0.25, 0.3) is 0 Å². The fourth-order valence-electron chi connectivity index (χ4n) is 2.73. The van der Waals surface area contributed by atoms with Gasteiger partial charge < -0.3 is 15.8 Å². The molecule has 2 unspecified atom stereocenters. The van der Waals surface area contributed by atoms with Crippen LogP contribution in [0.4, 0.5) is 0 Å². The number of nitrogens with zero attached hydrogens (tertiary/aromatic N) is 1. The van der Waals surface area contributed by atoms with Crippen LogP contribution in [-0.2, 0) is 4.74 Å². The molecule has 2 rings (SSSR count). The molecule has 0 bridgehead atoms. The molecule has 2 aliphatic rings. The van der Waals surface area contributed by atoms with Crippen LogP contribution in [0.3, 0.4) is 0 Å². The Morgan fingerprint density at radius 2 is 2.11 bits per heavy atom. The Morgan fingerprint density at radius 3 is 2.67 bits per heavy atom. The van der Waals surface area contributed by atoms with Gasteiger partial charge in [-0.3, -0.25) is 4.99 Å². The summed E-state index contributed by atoms with van der Waals surface area (Å²) < 4.78 is 5.90. The highest BCUT2D eigenvalue weighted by molar-refractivity contribution is 5.78. The maximum absolute atomic E-state index is 5.93. The van der Waals surface area contributed by atoms with Crippen molar-refractivity contribution in [3.8, 4) is 0 Å². The molecule has 1 saturated carbocycles. The first kappa shape index (κ1) is 13.7. The lowest BCUT2D eigenvalue weighted by atomic mass is 9.81. The molecular weight excluding hydrogens is 226 g/mol. The maximum Gasteiger partial charge on any atom is 0.189 e. The number of aliphatic imine (C=N–C) groups is 1. The molecule has 104 valence electrons. The zero-order valence-electron chi connectivity index (χ0n) is 12.1. The van der Waals surface area contributed by atoms with Gasteiger partial charge in [-0.25, -0.2) is 0 Å². The van der Waals surface area contributed by atoms with Crippen LogP contribution in [0.25, 0.3) is 0 Å². The molecule has 0 amide bonds. The van der Waals surface area contributed by atoms with Crippen molar-refractivity contribution < 1.29 is 4.74 Å². The molecule has 1 saturated heterocycles. The summed E-state index contributed by atoms with van der Waals surface area (Å²) in [6.45, 7) is 10.2. The van der Waals surface area contributed by atoms with E-state index in [1.807, 2.05) is 0 Å². The molecule has 0 spiro atoms. The lowest BCUT2D eigenvalue weighted by Crippen LogP contribution is -2.45. The van der Waals surface area contributed by atoms with E-state index in [1.54, 1.807) is 0 Å². The number of hydrogen-bond acceptors (Lipinski definition) is 2. The van der Waals surface area contributed by atoms with Gasteiger partial charge in [0, 0.05) is 17.6 Å². The van der Waals surface area contributed by atoms with Crippen LogP contribution < -0.4 is 11.1 Å². The molecule has 0 aromatic rings. The van der Waals surface area contributed by atoms with E-state index in [1.165, 1.54) is 12.8 Å². The fourth-order valence-corrected chi connectivity index (χ4v) is 2.73. The van der Waals surface area contributed by atoms with E-state index in [-0.39, 0.29) is 11.0 Å². The van der Waals surface area contributed by atoms with Gasteiger partial charge >= 0.3 is 0 Å². The quantitative estimate of drug-likeness (QED) is 0.596. The average molecular weight is 253 g/mol. The van der Waals surface area contributed by atoms with Crippen molar-refractivity contribution in [2.24, 2.45) is 22.1 Å². The van der Waals surface area contributed by atoms with Gasteiger partial charge in [0.05, 0.1) is 12.6 Å². The molecule has 4 nitrogen and oxygen atoms in total. The minimum absolute atomic E-state index is 0.0312. The predicted octanol–water partition coefficient (Wildman–Crippen LogP) is 1.89. The third kappa shape index (κ3) is 3.37. The molecule has 18 heavy (non-hydrogen) atoms. The van der Waals surface area contributed by atoms with E-state index in [9.17, 15) is 0 Å². The molecule has 1 heterocycles. The molecule has 1 aliphatic carbocycles. The van der Waals surface area contributed by atoms with Crippen molar-refractivity contribution >= 4 is 5.96 Å². The SMILES string of the molecule is CC(C)(C)NC(N)=NCC1(C)CCOC1C1CC1. The first-order chi connectivity index (χ1) is 8.30. The van der Waals surface area contributed by atoms with Crippen LogP contribution in [-0.4, -0.2) is 30.8 Å². The largest absolute Gasteiger partial charge is 0.377 e. The minimum atomic E-state index is -0.0312. The Hall–Kier alpha value is -0.770. The summed E-state index contributed by atoms with van der Waals surface area (Å²) in [5.41, 5.74) is 6.07. The van der Waals surface area contributed by atoms with E-state index < -0.39 is 0 Å². The summed E-state index contributed by atoms with van der Waals surface area (Å²) in [6.07, 6.45) is 4.13. The topological polar surface area (TPSA) is 59.6 Å². The molecule has 0 radical (unpaired) electrons. The molecule has 0 aromatic carbocycles. The van der Waals surface area contributed by atoms with Crippen molar-refractivity contribution in [2.75, 3.05) is 13.2 Å². The van der Waals surface area contributed by atoms with Gasteiger partial charge in [-0.15, -0.1) is 0 Å². The Bertz CT molecular complexity index is 330. The summed E-state index contributed by atoms with van der Waals surface area (Å²) in [4.78, 5) is 4.53. The van der Waals surface area contributed by atoms with Gasteiger partial charge in [0.2, 0.25) is 0 Å². The third-order valence-electron chi connectivity index (χ3n) is 3.82. The first-order valence-electron chi connectivity index (χ1n) is 7.00. The van der Waals surface area contributed by atoms with E-state index in [4.69, 9.17) is 10.5 Å². The number of hydrogen-bond donors (Lipinski definition) is 2. The van der Waals surface area contributed by atoms with Crippen molar-refractivity contribution in [3.63, 3.8) is 0 Å². The molecule has 0 aromatic heterocycles. The molecule has 3 N–H and O–H groups in total. The van der Waals surface area contributed by atoms with Crippen molar-refractivity contribution in [2.45, 2.75) is 58.6 Å². The van der Waals surface area contributed by atoms with E-state index in [0.717, 1.165) is 25.5 Å². The lowest BCUT2D eigenvalue weighted by Gasteiger charge is -2.29. The zero-order chi connectivity index (χ0) is 13.4. The van der Waals surface area contributed by atoms with Gasteiger partial charge in [-0.2, -0.15) is 0 Å². The summed E-state index contributed by atoms with van der Waals surface area (Å²) >= 11 is 0. The van der Waals surface area contributed by atoms with E-state index >= 15 is 0 Å². The number of nitrogens with one attached hydrogen (secondary N) is 1. The van der Waals surface area contributed by atoms with Gasteiger partial charge in [0.1, 0.15) is 0 Å². The first-order valence-corrected chi connectivity index (χ1v) is 7.00. The normalized spacial score (nSPS) is 33.8. The minimum Gasteiger partial charge on any atom is -0.377 e. The second kappa shape index (κ2) is 4.72. The average Bonchev–Trinajstić information content (AvgIpc) is 2.98. The lowest BCUT2D eigenvalue weighted by molar-refractivity contribution is 0.0424. The Morgan fingerprint density at radius 1 is 1.44 bits per heavy atom. The summed E-state index contributed by atoms with van der Waals surface area (Å²) in [6, 6.07) is 0. The molecule has 1 aliphatic heterocycles. The van der Waals surface area contributed by atoms with Crippen LogP contribution in [0, 0.1) is 11.3 Å². The predicted molar refractivity (Wildman–Crippen MR) is 74.6 cm³/mol. The van der Waals surface area contributed by atoms with Gasteiger partial charge in [-0.1, -0.05) is 6.92 Å². The van der Waals surface area contributed by atoms with Crippen molar-refractivity contribution in [1.82, 2.24) is 5.32 Å². The Balaban J connectivity index is 1.93.